The lowest BCUT2D eigenvalue weighted by atomic mass is 10.7. The van der Waals surface area contributed by atoms with Gasteiger partial charge in [-0.25, -0.2) is 0 Å². The quantitative estimate of drug-likeness (QED) is 0.450. The Kier molecular flexibility index (Phi) is 2.09. The summed E-state index contributed by atoms with van der Waals surface area (Å²) in [4.78, 5) is 22.7. The van der Waals surface area contributed by atoms with Crippen molar-refractivity contribution in [2.75, 3.05) is 5.73 Å². The maximum absolute atomic E-state index is 10.2. The van der Waals surface area contributed by atoms with Crippen molar-refractivity contribution in [2.24, 2.45) is 0 Å². The Hall–Kier alpha value is -2.19. The summed E-state index contributed by atoms with van der Waals surface area (Å²) in [6, 6.07) is 0. The topological polar surface area (TPSA) is 137 Å². The van der Waals surface area contributed by atoms with Gasteiger partial charge in [-0.2, -0.15) is 0 Å². The fourth-order valence-corrected chi connectivity index (χ4v) is 0.664. The van der Waals surface area contributed by atoms with Crippen LogP contribution in [-0.2, 0) is 11.3 Å². The Morgan fingerprint density at radius 1 is 1.77 bits per heavy atom. The second-order valence-electron chi connectivity index (χ2n) is 2.08. The highest BCUT2D eigenvalue weighted by Crippen LogP contribution is 2.06. The normalized spacial score (nSPS) is 9.85. The minimum absolute atomic E-state index is 0.297. The molecule has 13 heavy (non-hydrogen) atoms. The zero-order valence-corrected chi connectivity index (χ0v) is 6.25. The predicted molar refractivity (Wildman–Crippen MR) is 38.7 cm³/mol. The van der Waals surface area contributed by atoms with Crippen molar-refractivity contribution in [3.05, 3.63) is 10.1 Å². The summed E-state index contributed by atoms with van der Waals surface area (Å²) in [6.07, 6.45) is 0. The highest BCUT2D eigenvalue weighted by atomic mass is 16.6. The molecule has 9 nitrogen and oxygen atoms in total. The SMILES string of the molecule is Nc1nc([N+](=O)[O-])nn1CC(=O)O. The number of nitro groups is 1. The van der Waals surface area contributed by atoms with E-state index in [4.69, 9.17) is 10.8 Å². The second kappa shape index (κ2) is 3.05. The van der Waals surface area contributed by atoms with Crippen molar-refractivity contribution in [3.8, 4) is 0 Å². The number of nitrogens with zero attached hydrogens (tertiary/aromatic N) is 4. The van der Waals surface area contributed by atoms with Crippen LogP contribution in [0.1, 0.15) is 0 Å². The highest BCUT2D eigenvalue weighted by Gasteiger charge is 2.20. The summed E-state index contributed by atoms with van der Waals surface area (Å²) in [6.45, 7) is -0.549. The second-order valence-corrected chi connectivity index (χ2v) is 2.08. The molecule has 3 N–H and O–H groups in total. The van der Waals surface area contributed by atoms with Gasteiger partial charge in [0.2, 0.25) is 0 Å². The molecule has 1 heterocycles. The van der Waals surface area contributed by atoms with Gasteiger partial charge in [-0.3, -0.25) is 4.79 Å². The van der Waals surface area contributed by atoms with Crippen LogP contribution in [0.2, 0.25) is 0 Å². The molecule has 0 fully saturated rings. The molecule has 0 spiro atoms. The van der Waals surface area contributed by atoms with Gasteiger partial charge >= 0.3 is 17.9 Å². The molecule has 0 bridgehead atoms. The van der Waals surface area contributed by atoms with Crippen molar-refractivity contribution in [1.29, 1.82) is 0 Å². The molecule has 0 radical (unpaired) electrons. The van der Waals surface area contributed by atoms with E-state index in [-0.39, 0.29) is 5.95 Å². The van der Waals surface area contributed by atoms with E-state index in [9.17, 15) is 14.9 Å². The van der Waals surface area contributed by atoms with Crippen LogP contribution in [0.15, 0.2) is 0 Å². The van der Waals surface area contributed by atoms with E-state index < -0.39 is 23.4 Å². The first-order chi connectivity index (χ1) is 6.00. The summed E-state index contributed by atoms with van der Waals surface area (Å²) >= 11 is 0. The average molecular weight is 187 g/mol. The fraction of sp³-hybridized carbons (Fsp3) is 0.250. The van der Waals surface area contributed by atoms with Gasteiger partial charge in [0.1, 0.15) is 0 Å². The first-order valence-corrected chi connectivity index (χ1v) is 3.07. The first-order valence-electron chi connectivity index (χ1n) is 3.07. The van der Waals surface area contributed by atoms with Crippen molar-refractivity contribution in [1.82, 2.24) is 14.8 Å². The Balaban J connectivity index is 2.96. The maximum Gasteiger partial charge on any atom is 0.493 e. The number of aliphatic carboxylic acids is 1. The minimum atomic E-state index is -1.20. The molecule has 0 aliphatic rings. The average Bonchev–Trinajstić information content (AvgIpc) is 2.31. The van der Waals surface area contributed by atoms with Crippen LogP contribution in [0.25, 0.3) is 0 Å². The van der Waals surface area contributed by atoms with Gasteiger partial charge in [0.25, 0.3) is 0 Å². The van der Waals surface area contributed by atoms with E-state index in [1.165, 1.54) is 0 Å². The molecule has 1 rings (SSSR count). The zero-order valence-electron chi connectivity index (χ0n) is 6.25. The van der Waals surface area contributed by atoms with E-state index in [0.29, 0.717) is 0 Å². The van der Waals surface area contributed by atoms with Crippen LogP contribution < -0.4 is 5.73 Å². The minimum Gasteiger partial charge on any atom is -0.480 e. The standard InChI is InChI=1S/C4H5N5O4/c5-3-6-4(9(12)13)7-8(3)1-2(10)11/h1H2,(H,10,11)(H2,5,6,7). The highest BCUT2D eigenvalue weighted by molar-refractivity contribution is 5.66. The van der Waals surface area contributed by atoms with Gasteiger partial charge in [-0.1, -0.05) is 0 Å². The number of anilines is 1. The molecule has 0 aliphatic heterocycles. The summed E-state index contributed by atoms with van der Waals surface area (Å²) in [5.41, 5.74) is 5.15. The number of aromatic nitrogens is 3. The smallest absolute Gasteiger partial charge is 0.480 e. The lowest BCUT2D eigenvalue weighted by Gasteiger charge is -1.89. The van der Waals surface area contributed by atoms with Crippen LogP contribution in [-0.4, -0.2) is 30.8 Å². The Morgan fingerprint density at radius 3 is 2.77 bits per heavy atom. The van der Waals surface area contributed by atoms with Crippen LogP contribution in [0, 0.1) is 10.1 Å². The molecule has 70 valence electrons. The van der Waals surface area contributed by atoms with Gasteiger partial charge in [-0.15, -0.1) is 4.68 Å². The third-order valence-electron chi connectivity index (χ3n) is 1.14. The van der Waals surface area contributed by atoms with E-state index in [2.05, 4.69) is 10.1 Å². The molecule has 0 saturated heterocycles. The Labute approximate surface area is 70.9 Å². The van der Waals surface area contributed by atoms with E-state index in [1.807, 2.05) is 0 Å². The number of nitrogen functional groups attached to an aromatic ring is 1. The number of rotatable bonds is 3. The molecule has 0 atom stereocenters. The maximum atomic E-state index is 10.2. The fourth-order valence-electron chi connectivity index (χ4n) is 0.664. The molecular weight excluding hydrogens is 182 g/mol. The molecule has 9 heteroatoms. The molecule has 0 unspecified atom stereocenters. The third-order valence-corrected chi connectivity index (χ3v) is 1.14. The van der Waals surface area contributed by atoms with Crippen LogP contribution in [0.5, 0.6) is 0 Å². The number of hydrogen-bond acceptors (Lipinski definition) is 6. The lowest BCUT2D eigenvalue weighted by Crippen LogP contribution is -2.12. The monoisotopic (exact) mass is 187 g/mol. The van der Waals surface area contributed by atoms with E-state index >= 15 is 0 Å². The lowest BCUT2D eigenvalue weighted by molar-refractivity contribution is -0.394. The summed E-state index contributed by atoms with van der Waals surface area (Å²) < 4.78 is 0.737. The molecule has 1 aromatic rings. The summed E-state index contributed by atoms with van der Waals surface area (Å²) in [7, 11) is 0. The zero-order chi connectivity index (χ0) is 10.0. The number of carboxylic acid groups (broad SMARTS) is 1. The van der Waals surface area contributed by atoms with Crippen molar-refractivity contribution >= 4 is 17.9 Å². The van der Waals surface area contributed by atoms with Gasteiger partial charge in [0.15, 0.2) is 6.54 Å². The summed E-state index contributed by atoms with van der Waals surface area (Å²) in [5, 5.41) is 21.7. The molecule has 0 saturated carbocycles. The Bertz CT molecular complexity index is 357. The van der Waals surface area contributed by atoms with Crippen molar-refractivity contribution in [2.45, 2.75) is 6.54 Å². The first kappa shape index (κ1) is 8.90. The molecule has 0 aromatic carbocycles. The largest absolute Gasteiger partial charge is 0.493 e. The third kappa shape index (κ3) is 1.89. The molecule has 1 aromatic heterocycles. The van der Waals surface area contributed by atoms with Crippen LogP contribution in [0.4, 0.5) is 11.9 Å². The summed E-state index contributed by atoms with van der Waals surface area (Å²) in [5.74, 6) is -2.21. The molecule has 0 amide bonds. The number of carbonyl (C=O) groups is 1. The van der Waals surface area contributed by atoms with Crippen molar-refractivity contribution in [3.63, 3.8) is 0 Å². The number of nitrogens with two attached hydrogens (primary N) is 1. The van der Waals surface area contributed by atoms with Gasteiger partial charge in [0.05, 0.1) is 0 Å². The van der Waals surface area contributed by atoms with E-state index in [0.717, 1.165) is 4.68 Å². The van der Waals surface area contributed by atoms with Gasteiger partial charge < -0.3 is 21.0 Å². The van der Waals surface area contributed by atoms with Gasteiger partial charge in [-0.05, 0) is 9.91 Å². The van der Waals surface area contributed by atoms with E-state index in [1.54, 1.807) is 0 Å². The molecular formula is C4H5N5O4. The molecule has 0 aliphatic carbocycles. The van der Waals surface area contributed by atoms with Crippen LogP contribution >= 0.6 is 0 Å². The number of hydrogen-bond donors (Lipinski definition) is 2. The van der Waals surface area contributed by atoms with Gasteiger partial charge in [0, 0.05) is 5.10 Å². The van der Waals surface area contributed by atoms with Crippen LogP contribution in [0.3, 0.4) is 0 Å². The van der Waals surface area contributed by atoms with Crippen molar-refractivity contribution < 1.29 is 14.8 Å². The Morgan fingerprint density at radius 2 is 2.38 bits per heavy atom. The predicted octanol–water partition coefficient (Wildman–Crippen LogP) is -1.15. The number of carboxylic acids is 1.